The fourth-order valence-corrected chi connectivity index (χ4v) is 4.68. The molecule has 0 spiro atoms. The maximum Gasteiger partial charge on any atom is 0.300 e. The normalized spacial score (nSPS) is 14.2. The molecule has 0 atom stereocenters. The quantitative estimate of drug-likeness (QED) is 0.516. The molecule has 0 aliphatic carbocycles. The van der Waals surface area contributed by atoms with Crippen molar-refractivity contribution in [1.29, 1.82) is 0 Å². The van der Waals surface area contributed by atoms with Crippen molar-refractivity contribution in [1.82, 2.24) is 19.5 Å². The zero-order valence-corrected chi connectivity index (χ0v) is 17.5. The third kappa shape index (κ3) is 3.21. The summed E-state index contributed by atoms with van der Waals surface area (Å²) in [6, 6.07) is 7.45. The van der Waals surface area contributed by atoms with Crippen LogP contribution in [0, 0.1) is 12.7 Å². The van der Waals surface area contributed by atoms with E-state index >= 15 is 0 Å². The van der Waals surface area contributed by atoms with Crippen LogP contribution in [0.1, 0.15) is 22.7 Å². The number of aryl methyl sites for hydroxylation is 2. The van der Waals surface area contributed by atoms with Crippen LogP contribution in [0.4, 0.5) is 10.1 Å². The Morgan fingerprint density at radius 1 is 1.19 bits per heavy atom. The smallest absolute Gasteiger partial charge is 0.300 e. The number of carbonyl (C=O) groups is 1. The summed E-state index contributed by atoms with van der Waals surface area (Å²) < 4.78 is 48.9. The highest BCUT2D eigenvalue weighted by molar-refractivity contribution is 7.90. The number of rotatable bonds is 4. The highest BCUT2D eigenvalue weighted by Gasteiger charge is 2.28. The second-order valence-electron chi connectivity index (χ2n) is 7.48. The molecule has 4 aromatic rings. The van der Waals surface area contributed by atoms with Gasteiger partial charge >= 0.3 is 5.91 Å². The first-order valence-electron chi connectivity index (χ1n) is 9.58. The molecule has 0 unspecified atom stereocenters. The highest BCUT2D eigenvalue weighted by Crippen LogP contribution is 2.30. The molecule has 1 amide bonds. The number of fused-ring (bicyclic) bond motifs is 2. The van der Waals surface area contributed by atoms with Gasteiger partial charge in [-0.25, -0.2) is 18.8 Å². The van der Waals surface area contributed by atoms with E-state index in [1.165, 1.54) is 16.8 Å². The highest BCUT2D eigenvalue weighted by atomic mass is 32.2. The average Bonchev–Trinajstić information content (AvgIpc) is 3.23. The number of nitrogens with one attached hydrogen (secondary N) is 1. The SMILES string of the molecule is Cc1ccc2c(S(=O)(=O)NC(=O)c3cc4c(F)cc(N5CCC5)cc4o3)nn(C)c2n1. The lowest BCUT2D eigenvalue weighted by Gasteiger charge is -2.33. The maximum absolute atomic E-state index is 14.5. The first-order valence-corrected chi connectivity index (χ1v) is 11.1. The number of sulfonamides is 1. The van der Waals surface area contributed by atoms with Crippen LogP contribution >= 0.6 is 0 Å². The topological polar surface area (TPSA) is 110 Å². The van der Waals surface area contributed by atoms with E-state index in [0.29, 0.717) is 17.0 Å². The molecule has 5 rings (SSSR count). The van der Waals surface area contributed by atoms with Crippen LogP contribution in [0.15, 0.2) is 39.8 Å². The van der Waals surface area contributed by atoms with Gasteiger partial charge in [0, 0.05) is 43.7 Å². The van der Waals surface area contributed by atoms with Crippen molar-refractivity contribution < 1.29 is 22.0 Å². The van der Waals surface area contributed by atoms with Crippen LogP contribution < -0.4 is 9.62 Å². The summed E-state index contributed by atoms with van der Waals surface area (Å²) in [5, 5.41) is 4.07. The molecule has 1 N–H and O–H groups in total. The van der Waals surface area contributed by atoms with Crippen LogP contribution in [-0.2, 0) is 17.1 Å². The Balaban J connectivity index is 1.48. The van der Waals surface area contributed by atoms with Crippen molar-refractivity contribution in [3.8, 4) is 0 Å². The van der Waals surface area contributed by atoms with Gasteiger partial charge in [-0.15, -0.1) is 0 Å². The molecule has 160 valence electrons. The second kappa shape index (κ2) is 6.77. The van der Waals surface area contributed by atoms with Gasteiger partial charge in [-0.1, -0.05) is 0 Å². The molecule has 1 aromatic carbocycles. The van der Waals surface area contributed by atoms with Crippen molar-refractivity contribution in [3.05, 3.63) is 47.6 Å². The molecule has 1 fully saturated rings. The molecule has 1 aliphatic heterocycles. The number of carbonyl (C=O) groups excluding carboxylic acids is 1. The summed E-state index contributed by atoms with van der Waals surface area (Å²) >= 11 is 0. The first kappa shape index (κ1) is 19.5. The standard InChI is InChI=1S/C20H18FN5O4S/c1-11-4-5-13-18(22-11)25(2)23-20(13)31(28,29)24-19(27)17-10-14-15(21)8-12(9-16(14)30-17)26-6-3-7-26/h4-5,8-10H,3,6-7H2,1-2H3,(H,24,27). The number of nitrogens with zero attached hydrogens (tertiary/aromatic N) is 4. The van der Waals surface area contributed by atoms with Gasteiger partial charge in [0.2, 0.25) is 5.03 Å². The zero-order chi connectivity index (χ0) is 21.9. The molecule has 0 radical (unpaired) electrons. The lowest BCUT2D eigenvalue weighted by atomic mass is 10.1. The van der Waals surface area contributed by atoms with Gasteiger partial charge in [0.1, 0.15) is 11.4 Å². The summed E-state index contributed by atoms with van der Waals surface area (Å²) in [4.78, 5) is 18.9. The molecule has 1 saturated heterocycles. The molecular formula is C20H18FN5O4S. The predicted octanol–water partition coefficient (Wildman–Crippen LogP) is 2.49. The first-order chi connectivity index (χ1) is 14.7. The number of furan rings is 1. The summed E-state index contributed by atoms with van der Waals surface area (Å²) in [5.74, 6) is -1.87. The van der Waals surface area contributed by atoms with Crippen LogP contribution in [0.25, 0.3) is 22.0 Å². The number of amides is 1. The van der Waals surface area contributed by atoms with Crippen LogP contribution in [0.3, 0.4) is 0 Å². The minimum atomic E-state index is -4.32. The van der Waals surface area contributed by atoms with E-state index in [4.69, 9.17) is 4.42 Å². The summed E-state index contributed by atoms with van der Waals surface area (Å²) in [6.45, 7) is 3.42. The lowest BCUT2D eigenvalue weighted by Crippen LogP contribution is -2.36. The molecule has 31 heavy (non-hydrogen) atoms. The van der Waals surface area contributed by atoms with Gasteiger partial charge in [-0.3, -0.25) is 4.79 Å². The van der Waals surface area contributed by atoms with Crippen molar-refractivity contribution in [2.24, 2.45) is 7.05 Å². The van der Waals surface area contributed by atoms with E-state index in [0.717, 1.165) is 19.5 Å². The second-order valence-corrected chi connectivity index (χ2v) is 9.08. The van der Waals surface area contributed by atoms with Crippen molar-refractivity contribution >= 4 is 43.6 Å². The van der Waals surface area contributed by atoms with Crippen molar-refractivity contribution in [3.63, 3.8) is 0 Å². The number of halogens is 1. The third-order valence-corrected chi connectivity index (χ3v) is 6.56. The van der Waals surface area contributed by atoms with E-state index < -0.39 is 21.7 Å². The van der Waals surface area contributed by atoms with E-state index in [1.807, 2.05) is 9.62 Å². The van der Waals surface area contributed by atoms with Gasteiger partial charge in [0.05, 0.1) is 10.8 Å². The zero-order valence-electron chi connectivity index (χ0n) is 16.7. The van der Waals surface area contributed by atoms with Crippen molar-refractivity contribution in [2.75, 3.05) is 18.0 Å². The van der Waals surface area contributed by atoms with E-state index in [9.17, 15) is 17.6 Å². The molecule has 9 nitrogen and oxygen atoms in total. The van der Waals surface area contributed by atoms with Gasteiger partial charge in [-0.2, -0.15) is 13.5 Å². The fraction of sp³-hybridized carbons (Fsp3) is 0.250. The average molecular weight is 443 g/mol. The number of anilines is 1. The Kier molecular flexibility index (Phi) is 4.26. The van der Waals surface area contributed by atoms with Gasteiger partial charge in [0.25, 0.3) is 10.0 Å². The predicted molar refractivity (Wildman–Crippen MR) is 111 cm³/mol. The number of benzene rings is 1. The molecule has 1 aliphatic rings. The van der Waals surface area contributed by atoms with Crippen molar-refractivity contribution in [2.45, 2.75) is 18.4 Å². The minimum Gasteiger partial charge on any atom is -0.451 e. The van der Waals surface area contributed by atoms with Gasteiger partial charge in [0.15, 0.2) is 11.4 Å². The molecule has 0 saturated carbocycles. The largest absolute Gasteiger partial charge is 0.451 e. The molecule has 0 bridgehead atoms. The lowest BCUT2D eigenvalue weighted by molar-refractivity contribution is 0.0956. The number of hydrogen-bond donors (Lipinski definition) is 1. The third-order valence-electron chi connectivity index (χ3n) is 5.29. The number of hydrogen-bond acceptors (Lipinski definition) is 7. The summed E-state index contributed by atoms with van der Waals surface area (Å²) in [7, 11) is -2.76. The minimum absolute atomic E-state index is 0.106. The summed E-state index contributed by atoms with van der Waals surface area (Å²) in [6.07, 6.45) is 1.03. The van der Waals surface area contributed by atoms with E-state index in [1.54, 1.807) is 32.2 Å². The molecular weight excluding hydrogens is 425 g/mol. The Morgan fingerprint density at radius 3 is 2.68 bits per heavy atom. The maximum atomic E-state index is 14.5. The van der Waals surface area contributed by atoms with Crippen LogP contribution in [0.2, 0.25) is 0 Å². The molecule has 4 heterocycles. The van der Waals surface area contributed by atoms with Crippen LogP contribution in [0.5, 0.6) is 0 Å². The number of pyridine rings is 1. The monoisotopic (exact) mass is 443 g/mol. The fourth-order valence-electron chi connectivity index (χ4n) is 3.56. The van der Waals surface area contributed by atoms with Gasteiger partial charge < -0.3 is 9.32 Å². The number of aromatic nitrogens is 3. The van der Waals surface area contributed by atoms with Crippen LogP contribution in [-0.4, -0.2) is 42.2 Å². The van der Waals surface area contributed by atoms with Gasteiger partial charge in [-0.05, 0) is 31.5 Å². The molecule has 3 aromatic heterocycles. The Bertz CT molecular complexity index is 1470. The van der Waals surface area contributed by atoms with E-state index in [-0.39, 0.29) is 27.1 Å². The van der Waals surface area contributed by atoms with E-state index in [2.05, 4.69) is 10.1 Å². The Morgan fingerprint density at radius 2 is 1.97 bits per heavy atom. The Hall–Kier alpha value is -3.47. The Labute approximate surface area is 176 Å². The summed E-state index contributed by atoms with van der Waals surface area (Å²) in [5.41, 5.74) is 1.91. The molecule has 11 heteroatoms.